The van der Waals surface area contributed by atoms with Gasteiger partial charge in [0.25, 0.3) is 0 Å². The number of hydrogen-bond acceptors (Lipinski definition) is 5. The Morgan fingerprint density at radius 3 is 2.62 bits per heavy atom. The summed E-state index contributed by atoms with van der Waals surface area (Å²) in [6.07, 6.45) is 0.802. The summed E-state index contributed by atoms with van der Waals surface area (Å²) in [4.78, 5) is 21.1. The molecule has 148 valence electrons. The van der Waals surface area contributed by atoms with E-state index in [9.17, 15) is 4.79 Å². The molecule has 0 radical (unpaired) electrons. The zero-order chi connectivity index (χ0) is 20.2. The number of carbonyl (C=O) groups is 1. The number of imidazole rings is 1. The Kier molecular flexibility index (Phi) is 5.37. The monoisotopic (exact) mass is 389 g/mol. The molecule has 0 spiro atoms. The molecule has 0 unspecified atom stereocenters. The highest BCUT2D eigenvalue weighted by Gasteiger charge is 2.16. The Morgan fingerprint density at radius 1 is 1.07 bits per heavy atom. The van der Waals surface area contributed by atoms with E-state index in [2.05, 4.69) is 32.2 Å². The summed E-state index contributed by atoms with van der Waals surface area (Å²) >= 11 is 0. The van der Waals surface area contributed by atoms with Gasteiger partial charge in [-0.25, -0.2) is 4.98 Å². The van der Waals surface area contributed by atoms with Crippen LogP contribution in [-0.4, -0.2) is 31.6 Å². The molecule has 29 heavy (non-hydrogen) atoms. The number of rotatable bonds is 7. The van der Waals surface area contributed by atoms with Crippen LogP contribution in [0.15, 0.2) is 59.1 Å². The first kappa shape index (κ1) is 18.9. The maximum absolute atomic E-state index is 11.9. The number of carbonyl (C=O) groups excluding carboxylic acids is 1. The molecule has 0 bridgehead atoms. The van der Waals surface area contributed by atoms with Crippen LogP contribution in [0.1, 0.15) is 37.0 Å². The zero-order valence-electron chi connectivity index (χ0n) is 16.5. The molecule has 7 nitrogen and oxygen atoms in total. The number of aromatic nitrogens is 4. The van der Waals surface area contributed by atoms with Gasteiger partial charge in [0, 0.05) is 12.5 Å². The lowest BCUT2D eigenvalue weighted by molar-refractivity contribution is -0.121. The minimum atomic E-state index is -0.120. The lowest BCUT2D eigenvalue weighted by atomic mass is 10.1. The Labute approximate surface area is 168 Å². The van der Waals surface area contributed by atoms with Crippen LogP contribution in [0.25, 0.3) is 11.0 Å². The highest BCUT2D eigenvalue weighted by molar-refractivity contribution is 5.78. The number of fused-ring (bicyclic) bond motifs is 1. The fraction of sp³-hybridized carbons (Fsp3) is 0.273. The Bertz CT molecular complexity index is 1110. The predicted molar refractivity (Wildman–Crippen MR) is 109 cm³/mol. The molecular formula is C22H23N5O2. The third-order valence-corrected chi connectivity index (χ3v) is 4.51. The van der Waals surface area contributed by atoms with Gasteiger partial charge in [-0.15, -0.1) is 0 Å². The molecule has 2 aromatic carbocycles. The zero-order valence-corrected chi connectivity index (χ0v) is 16.5. The Balaban J connectivity index is 1.59. The fourth-order valence-electron chi connectivity index (χ4n) is 3.29. The van der Waals surface area contributed by atoms with Gasteiger partial charge >= 0.3 is 0 Å². The SMILES string of the molecule is CC(C)NC(=O)Cc1noc(Cn2c(Cc3ccccc3)nc3ccccc32)n1. The van der Waals surface area contributed by atoms with Crippen molar-refractivity contribution in [1.82, 2.24) is 25.0 Å². The number of amides is 1. The second-order valence-electron chi connectivity index (χ2n) is 7.27. The van der Waals surface area contributed by atoms with Crippen molar-refractivity contribution in [2.75, 3.05) is 0 Å². The number of nitrogens with zero attached hydrogens (tertiary/aromatic N) is 4. The van der Waals surface area contributed by atoms with Crippen molar-refractivity contribution in [3.05, 3.63) is 77.7 Å². The van der Waals surface area contributed by atoms with E-state index in [4.69, 9.17) is 9.51 Å². The molecule has 4 aromatic rings. The summed E-state index contributed by atoms with van der Waals surface area (Å²) < 4.78 is 7.50. The highest BCUT2D eigenvalue weighted by atomic mass is 16.5. The predicted octanol–water partition coefficient (Wildman–Crippen LogP) is 3.13. The van der Waals surface area contributed by atoms with Gasteiger partial charge in [0.1, 0.15) is 12.4 Å². The lowest BCUT2D eigenvalue weighted by Crippen LogP contribution is -2.31. The van der Waals surface area contributed by atoms with E-state index in [1.165, 1.54) is 5.56 Å². The van der Waals surface area contributed by atoms with Crippen molar-refractivity contribution in [3.8, 4) is 0 Å². The Hall–Kier alpha value is -3.48. The van der Waals surface area contributed by atoms with Crippen LogP contribution in [0.5, 0.6) is 0 Å². The molecule has 1 N–H and O–H groups in total. The molecule has 0 saturated carbocycles. The Morgan fingerprint density at radius 2 is 1.83 bits per heavy atom. The van der Waals surface area contributed by atoms with E-state index in [1.54, 1.807) is 0 Å². The van der Waals surface area contributed by atoms with Crippen molar-refractivity contribution >= 4 is 16.9 Å². The number of hydrogen-bond donors (Lipinski definition) is 1. The molecule has 2 heterocycles. The quantitative estimate of drug-likeness (QED) is 0.525. The maximum atomic E-state index is 11.9. The smallest absolute Gasteiger partial charge is 0.246 e. The van der Waals surface area contributed by atoms with Gasteiger partial charge in [-0.3, -0.25) is 4.79 Å². The number of para-hydroxylation sites is 2. The molecule has 0 aliphatic carbocycles. The van der Waals surface area contributed by atoms with Crippen molar-refractivity contribution < 1.29 is 9.32 Å². The second kappa shape index (κ2) is 8.26. The molecule has 7 heteroatoms. The van der Waals surface area contributed by atoms with Crippen LogP contribution in [0, 0.1) is 0 Å². The number of benzene rings is 2. The first-order valence-corrected chi connectivity index (χ1v) is 9.67. The van der Waals surface area contributed by atoms with Crippen LogP contribution in [0.4, 0.5) is 0 Å². The van der Waals surface area contributed by atoms with Crippen LogP contribution in [0.2, 0.25) is 0 Å². The van der Waals surface area contributed by atoms with Crippen LogP contribution >= 0.6 is 0 Å². The molecular weight excluding hydrogens is 366 g/mol. The third kappa shape index (κ3) is 4.51. The molecule has 1 amide bonds. The van der Waals surface area contributed by atoms with E-state index in [0.717, 1.165) is 16.9 Å². The van der Waals surface area contributed by atoms with Gasteiger partial charge in [0.05, 0.1) is 17.5 Å². The summed E-state index contributed by atoms with van der Waals surface area (Å²) in [6, 6.07) is 18.3. The molecule has 0 aliphatic rings. The van der Waals surface area contributed by atoms with Crippen LogP contribution < -0.4 is 5.32 Å². The largest absolute Gasteiger partial charge is 0.354 e. The average molecular weight is 389 g/mol. The lowest BCUT2D eigenvalue weighted by Gasteiger charge is -2.07. The minimum absolute atomic E-state index is 0.0757. The van der Waals surface area contributed by atoms with Crippen molar-refractivity contribution in [2.45, 2.75) is 39.3 Å². The van der Waals surface area contributed by atoms with Crippen LogP contribution in [0.3, 0.4) is 0 Å². The van der Waals surface area contributed by atoms with Gasteiger partial charge in [0.15, 0.2) is 5.82 Å². The van der Waals surface area contributed by atoms with Crippen molar-refractivity contribution in [3.63, 3.8) is 0 Å². The average Bonchev–Trinajstić information content (AvgIpc) is 3.27. The van der Waals surface area contributed by atoms with Gasteiger partial charge in [-0.2, -0.15) is 4.98 Å². The van der Waals surface area contributed by atoms with E-state index in [-0.39, 0.29) is 18.4 Å². The summed E-state index contributed by atoms with van der Waals surface area (Å²) in [6.45, 7) is 4.23. The summed E-state index contributed by atoms with van der Waals surface area (Å²) in [5.74, 6) is 1.64. The molecule has 0 aliphatic heterocycles. The maximum Gasteiger partial charge on any atom is 0.246 e. The van der Waals surface area contributed by atoms with E-state index < -0.39 is 0 Å². The summed E-state index contributed by atoms with van der Waals surface area (Å²) in [5.41, 5.74) is 3.12. The van der Waals surface area contributed by atoms with Gasteiger partial charge in [-0.1, -0.05) is 47.6 Å². The number of nitrogens with one attached hydrogen (secondary N) is 1. The molecule has 0 atom stereocenters. The first-order chi connectivity index (χ1) is 14.1. The first-order valence-electron chi connectivity index (χ1n) is 9.67. The fourth-order valence-corrected chi connectivity index (χ4v) is 3.29. The summed E-state index contributed by atoms with van der Waals surface area (Å²) in [7, 11) is 0. The van der Waals surface area contributed by atoms with E-state index >= 15 is 0 Å². The van der Waals surface area contributed by atoms with E-state index in [0.29, 0.717) is 24.7 Å². The highest BCUT2D eigenvalue weighted by Crippen LogP contribution is 2.20. The molecule has 0 saturated heterocycles. The van der Waals surface area contributed by atoms with Crippen LogP contribution in [-0.2, 0) is 24.2 Å². The second-order valence-corrected chi connectivity index (χ2v) is 7.27. The summed E-state index contributed by atoms with van der Waals surface area (Å²) in [5, 5.41) is 6.79. The van der Waals surface area contributed by atoms with Gasteiger partial charge in [0.2, 0.25) is 11.8 Å². The third-order valence-electron chi connectivity index (χ3n) is 4.51. The van der Waals surface area contributed by atoms with E-state index in [1.807, 2.05) is 56.3 Å². The molecule has 4 rings (SSSR count). The van der Waals surface area contributed by atoms with Gasteiger partial charge in [-0.05, 0) is 31.5 Å². The molecule has 2 aromatic heterocycles. The topological polar surface area (TPSA) is 85.8 Å². The molecule has 0 fully saturated rings. The van der Waals surface area contributed by atoms with Crippen molar-refractivity contribution in [2.24, 2.45) is 0 Å². The minimum Gasteiger partial charge on any atom is -0.354 e. The normalized spacial score (nSPS) is 11.3. The van der Waals surface area contributed by atoms with Crippen molar-refractivity contribution in [1.29, 1.82) is 0 Å². The van der Waals surface area contributed by atoms with Gasteiger partial charge < -0.3 is 14.4 Å². The standard InChI is InChI=1S/C22H23N5O2/c1-15(2)23-21(28)13-19-25-22(29-26-19)14-27-18-11-7-6-10-17(18)24-20(27)12-16-8-4-3-5-9-16/h3-11,15H,12-14H2,1-2H3,(H,23,28).